The van der Waals surface area contributed by atoms with Crippen LogP contribution in [0.25, 0.3) is 11.0 Å². The van der Waals surface area contributed by atoms with Crippen molar-refractivity contribution in [2.24, 2.45) is 5.41 Å². The van der Waals surface area contributed by atoms with Crippen LogP contribution in [0, 0.1) is 16.7 Å². The van der Waals surface area contributed by atoms with E-state index in [-0.39, 0.29) is 23.7 Å². The molecule has 3 rings (SSSR count). The van der Waals surface area contributed by atoms with Crippen molar-refractivity contribution in [1.29, 1.82) is 5.26 Å². The lowest BCUT2D eigenvalue weighted by atomic mass is 9.97. The molecule has 8 nitrogen and oxygen atoms in total. The number of rotatable bonds is 4. The zero-order valence-corrected chi connectivity index (χ0v) is 14.3. The Balaban J connectivity index is 1.96. The van der Waals surface area contributed by atoms with Gasteiger partial charge in [-0.15, -0.1) is 10.2 Å². The smallest absolute Gasteiger partial charge is 0.234 e. The zero-order chi connectivity index (χ0) is 18.0. The molecule has 0 saturated carbocycles. The SMILES string of the molecule is CC(C)(C)Cn1c(COc2ccc(O)nn2)cc2cnc(C#N)nc21. The van der Waals surface area contributed by atoms with Gasteiger partial charge in [0.05, 0.1) is 5.69 Å². The van der Waals surface area contributed by atoms with Crippen molar-refractivity contribution in [3.8, 4) is 17.8 Å². The van der Waals surface area contributed by atoms with Crippen LogP contribution in [-0.4, -0.2) is 29.8 Å². The van der Waals surface area contributed by atoms with Crippen molar-refractivity contribution < 1.29 is 9.84 Å². The molecule has 0 fully saturated rings. The lowest BCUT2D eigenvalue weighted by Gasteiger charge is -2.21. The first kappa shape index (κ1) is 16.6. The highest BCUT2D eigenvalue weighted by Crippen LogP contribution is 2.25. The van der Waals surface area contributed by atoms with Crippen LogP contribution >= 0.6 is 0 Å². The van der Waals surface area contributed by atoms with E-state index in [2.05, 4.69) is 40.9 Å². The van der Waals surface area contributed by atoms with Crippen molar-refractivity contribution >= 4 is 11.0 Å². The van der Waals surface area contributed by atoms with Crippen molar-refractivity contribution in [2.45, 2.75) is 33.9 Å². The molecular formula is C17H18N6O2. The van der Waals surface area contributed by atoms with E-state index in [1.54, 1.807) is 12.3 Å². The minimum atomic E-state index is -0.159. The first-order valence-electron chi connectivity index (χ1n) is 7.76. The van der Waals surface area contributed by atoms with Crippen LogP contribution in [0.2, 0.25) is 0 Å². The van der Waals surface area contributed by atoms with Gasteiger partial charge in [-0.05, 0) is 11.5 Å². The number of aromatic hydroxyl groups is 1. The van der Waals surface area contributed by atoms with Gasteiger partial charge in [0, 0.05) is 30.3 Å². The molecular weight excluding hydrogens is 320 g/mol. The maximum absolute atomic E-state index is 9.18. The highest BCUT2D eigenvalue weighted by molar-refractivity contribution is 5.76. The Labute approximate surface area is 144 Å². The minimum absolute atomic E-state index is 0.0107. The topological polar surface area (TPSA) is 110 Å². The first-order chi connectivity index (χ1) is 11.9. The molecule has 1 N–H and O–H groups in total. The summed E-state index contributed by atoms with van der Waals surface area (Å²) in [5.74, 6) is 0.292. The molecule has 0 amide bonds. The first-order valence-corrected chi connectivity index (χ1v) is 7.76. The molecule has 0 aliphatic carbocycles. The van der Waals surface area contributed by atoms with Crippen LogP contribution in [-0.2, 0) is 13.2 Å². The second kappa shape index (κ2) is 6.36. The third-order valence-electron chi connectivity index (χ3n) is 3.45. The van der Waals surface area contributed by atoms with Gasteiger partial charge in [-0.25, -0.2) is 9.97 Å². The summed E-state index contributed by atoms with van der Waals surface area (Å²) in [6.45, 7) is 7.34. The molecule has 0 radical (unpaired) electrons. The van der Waals surface area contributed by atoms with Crippen LogP contribution in [0.1, 0.15) is 32.3 Å². The highest BCUT2D eigenvalue weighted by atomic mass is 16.5. The summed E-state index contributed by atoms with van der Waals surface area (Å²) in [4.78, 5) is 8.37. The van der Waals surface area contributed by atoms with E-state index in [4.69, 9.17) is 10.00 Å². The predicted octanol–water partition coefficient (Wildman–Crippen LogP) is 2.42. The third kappa shape index (κ3) is 3.83. The Hall–Kier alpha value is -3.21. The zero-order valence-electron chi connectivity index (χ0n) is 14.3. The molecule has 0 bridgehead atoms. The Morgan fingerprint density at radius 2 is 2.08 bits per heavy atom. The number of nitriles is 1. The fourth-order valence-corrected chi connectivity index (χ4v) is 2.46. The van der Waals surface area contributed by atoms with E-state index in [1.807, 2.05) is 16.7 Å². The maximum Gasteiger partial charge on any atom is 0.234 e. The predicted molar refractivity (Wildman–Crippen MR) is 89.7 cm³/mol. The molecule has 8 heteroatoms. The van der Waals surface area contributed by atoms with Crippen molar-refractivity contribution in [1.82, 2.24) is 24.7 Å². The summed E-state index contributed by atoms with van der Waals surface area (Å²) in [5.41, 5.74) is 1.61. The fraction of sp³-hybridized carbons (Fsp3) is 0.353. The number of ether oxygens (including phenoxy) is 1. The maximum atomic E-state index is 9.18. The summed E-state index contributed by atoms with van der Waals surface area (Å²) in [6, 6.07) is 6.88. The fourth-order valence-electron chi connectivity index (χ4n) is 2.46. The second-order valence-electron chi connectivity index (χ2n) is 6.89. The molecule has 0 aromatic carbocycles. The largest absolute Gasteiger partial charge is 0.492 e. The molecule has 0 spiro atoms. The van der Waals surface area contributed by atoms with E-state index < -0.39 is 0 Å². The average molecular weight is 338 g/mol. The van der Waals surface area contributed by atoms with Crippen LogP contribution in [0.3, 0.4) is 0 Å². The summed E-state index contributed by atoms with van der Waals surface area (Å²) in [7, 11) is 0. The van der Waals surface area contributed by atoms with Crippen LogP contribution < -0.4 is 4.74 Å². The Bertz CT molecular complexity index is 935. The molecule has 3 aromatic heterocycles. The van der Waals surface area contributed by atoms with Gasteiger partial charge in [0.2, 0.25) is 17.6 Å². The van der Waals surface area contributed by atoms with Gasteiger partial charge >= 0.3 is 0 Å². The quantitative estimate of drug-likeness (QED) is 0.778. The lowest BCUT2D eigenvalue weighted by Crippen LogP contribution is -2.18. The third-order valence-corrected chi connectivity index (χ3v) is 3.45. The van der Waals surface area contributed by atoms with E-state index in [0.717, 1.165) is 11.1 Å². The lowest BCUT2D eigenvalue weighted by molar-refractivity contribution is 0.267. The van der Waals surface area contributed by atoms with Gasteiger partial charge in [0.15, 0.2) is 0 Å². The molecule has 3 heterocycles. The summed E-state index contributed by atoms with van der Waals surface area (Å²) in [6.07, 6.45) is 1.64. The Morgan fingerprint density at radius 1 is 1.28 bits per heavy atom. The van der Waals surface area contributed by atoms with Crippen LogP contribution in [0.15, 0.2) is 24.4 Å². The van der Waals surface area contributed by atoms with Crippen LogP contribution in [0.4, 0.5) is 0 Å². The number of aromatic nitrogens is 5. The number of nitrogens with zero attached hydrogens (tertiary/aromatic N) is 6. The minimum Gasteiger partial charge on any atom is -0.492 e. The number of hydrogen-bond acceptors (Lipinski definition) is 7. The van der Waals surface area contributed by atoms with Crippen molar-refractivity contribution in [3.63, 3.8) is 0 Å². The van der Waals surface area contributed by atoms with E-state index >= 15 is 0 Å². The van der Waals surface area contributed by atoms with Gasteiger partial charge in [-0.1, -0.05) is 20.8 Å². The van der Waals surface area contributed by atoms with Gasteiger partial charge < -0.3 is 14.4 Å². The average Bonchev–Trinajstić information content (AvgIpc) is 2.89. The Kier molecular flexibility index (Phi) is 4.23. The Morgan fingerprint density at radius 3 is 2.72 bits per heavy atom. The molecule has 3 aromatic rings. The highest BCUT2D eigenvalue weighted by Gasteiger charge is 2.18. The van der Waals surface area contributed by atoms with E-state index in [9.17, 15) is 5.11 Å². The van der Waals surface area contributed by atoms with Gasteiger partial charge in [-0.3, -0.25) is 0 Å². The normalized spacial score (nSPS) is 11.4. The van der Waals surface area contributed by atoms with Crippen molar-refractivity contribution in [3.05, 3.63) is 35.9 Å². The van der Waals surface area contributed by atoms with Crippen molar-refractivity contribution in [2.75, 3.05) is 0 Å². The van der Waals surface area contributed by atoms with Crippen LogP contribution in [0.5, 0.6) is 11.8 Å². The molecule has 0 unspecified atom stereocenters. The van der Waals surface area contributed by atoms with Gasteiger partial charge in [-0.2, -0.15) is 5.26 Å². The molecule has 0 saturated heterocycles. The monoisotopic (exact) mass is 338 g/mol. The summed E-state index contributed by atoms with van der Waals surface area (Å²) < 4.78 is 7.70. The molecule has 25 heavy (non-hydrogen) atoms. The molecule has 0 aliphatic rings. The van der Waals surface area contributed by atoms with Gasteiger partial charge in [0.25, 0.3) is 0 Å². The summed E-state index contributed by atoms with van der Waals surface area (Å²) >= 11 is 0. The number of hydrogen-bond donors (Lipinski definition) is 1. The molecule has 0 aliphatic heterocycles. The number of fused-ring (bicyclic) bond motifs is 1. The molecule has 0 atom stereocenters. The standard InChI is InChI=1S/C17H18N6O2/c1-17(2,3)10-23-12(9-25-15-5-4-14(24)21-22-15)6-11-8-19-13(7-18)20-16(11)23/h4-6,8H,9-10H2,1-3H3,(H,21,24). The second-order valence-corrected chi connectivity index (χ2v) is 6.89. The summed E-state index contributed by atoms with van der Waals surface area (Å²) in [5, 5.41) is 26.4. The van der Waals surface area contributed by atoms with Gasteiger partial charge in [0.1, 0.15) is 18.3 Å². The molecule has 128 valence electrons. The van der Waals surface area contributed by atoms with E-state index in [0.29, 0.717) is 18.1 Å². The van der Waals surface area contributed by atoms with E-state index in [1.165, 1.54) is 6.07 Å².